The lowest BCUT2D eigenvalue weighted by Gasteiger charge is -2.09. The van der Waals surface area contributed by atoms with Crippen LogP contribution in [0, 0.1) is 19.3 Å². The summed E-state index contributed by atoms with van der Waals surface area (Å²) in [6.07, 6.45) is 5.13. The minimum absolute atomic E-state index is 0.0308. The summed E-state index contributed by atoms with van der Waals surface area (Å²) in [4.78, 5) is 11.6. The van der Waals surface area contributed by atoms with Crippen molar-refractivity contribution in [2.24, 2.45) is 0 Å². The Bertz CT molecular complexity index is 418. The Balaban J connectivity index is 2.88. The SMILES string of the molecule is C#CC(C)NC(=O)c1ccc(C)cc1O. The highest BCUT2D eigenvalue weighted by Crippen LogP contribution is 2.18. The highest BCUT2D eigenvalue weighted by molar-refractivity contribution is 5.97. The van der Waals surface area contributed by atoms with E-state index in [9.17, 15) is 9.90 Å². The van der Waals surface area contributed by atoms with Crippen molar-refractivity contribution in [1.29, 1.82) is 0 Å². The van der Waals surface area contributed by atoms with Gasteiger partial charge in [0.15, 0.2) is 0 Å². The first kappa shape index (κ1) is 11.1. The molecule has 0 heterocycles. The quantitative estimate of drug-likeness (QED) is 0.715. The van der Waals surface area contributed by atoms with Crippen molar-refractivity contribution in [1.82, 2.24) is 5.32 Å². The van der Waals surface area contributed by atoms with Crippen molar-refractivity contribution >= 4 is 5.91 Å². The summed E-state index contributed by atoms with van der Waals surface area (Å²) in [6, 6.07) is 4.52. The van der Waals surface area contributed by atoms with Crippen LogP contribution in [0.4, 0.5) is 0 Å². The normalized spacial score (nSPS) is 11.5. The second-order valence-electron chi connectivity index (χ2n) is 3.38. The van der Waals surface area contributed by atoms with Crippen molar-refractivity contribution in [2.75, 3.05) is 0 Å². The molecule has 1 atom stereocenters. The van der Waals surface area contributed by atoms with Crippen LogP contribution in [0.5, 0.6) is 5.75 Å². The number of rotatable bonds is 2. The Morgan fingerprint density at radius 1 is 1.60 bits per heavy atom. The van der Waals surface area contributed by atoms with Gasteiger partial charge in [0.2, 0.25) is 0 Å². The fraction of sp³-hybridized carbons (Fsp3) is 0.250. The van der Waals surface area contributed by atoms with E-state index >= 15 is 0 Å². The van der Waals surface area contributed by atoms with E-state index in [4.69, 9.17) is 6.42 Å². The van der Waals surface area contributed by atoms with Crippen LogP contribution in [-0.2, 0) is 0 Å². The summed E-state index contributed by atoms with van der Waals surface area (Å²) >= 11 is 0. The van der Waals surface area contributed by atoms with Gasteiger partial charge in [-0.15, -0.1) is 6.42 Å². The molecule has 0 radical (unpaired) electrons. The first-order chi connectivity index (χ1) is 7.04. The molecule has 1 rings (SSSR count). The Hall–Kier alpha value is -1.95. The van der Waals surface area contributed by atoms with E-state index in [-0.39, 0.29) is 23.3 Å². The third-order valence-electron chi connectivity index (χ3n) is 2.00. The molecular formula is C12H13NO2. The summed E-state index contributed by atoms with van der Waals surface area (Å²) in [7, 11) is 0. The van der Waals surface area contributed by atoms with Gasteiger partial charge in [0.1, 0.15) is 5.75 Å². The molecule has 3 heteroatoms. The van der Waals surface area contributed by atoms with Crippen LogP contribution in [0.15, 0.2) is 18.2 Å². The molecule has 0 fully saturated rings. The van der Waals surface area contributed by atoms with Gasteiger partial charge in [0.25, 0.3) is 5.91 Å². The first-order valence-corrected chi connectivity index (χ1v) is 4.61. The molecule has 15 heavy (non-hydrogen) atoms. The van der Waals surface area contributed by atoms with Crippen LogP contribution in [0.1, 0.15) is 22.8 Å². The monoisotopic (exact) mass is 203 g/mol. The molecule has 78 valence electrons. The maximum atomic E-state index is 11.6. The standard InChI is InChI=1S/C12H13NO2/c1-4-9(3)13-12(15)10-6-5-8(2)7-11(10)14/h1,5-7,9,14H,2-3H3,(H,13,15). The van der Waals surface area contributed by atoms with Gasteiger partial charge in [0, 0.05) is 0 Å². The largest absolute Gasteiger partial charge is 0.507 e. The molecule has 0 aliphatic heterocycles. The molecule has 0 bridgehead atoms. The van der Waals surface area contributed by atoms with Crippen molar-refractivity contribution in [3.8, 4) is 18.1 Å². The highest BCUT2D eigenvalue weighted by atomic mass is 16.3. The smallest absolute Gasteiger partial charge is 0.255 e. The minimum atomic E-state index is -0.363. The Labute approximate surface area is 89.1 Å². The summed E-state index contributed by atoms with van der Waals surface area (Å²) < 4.78 is 0. The van der Waals surface area contributed by atoms with E-state index in [0.717, 1.165) is 5.56 Å². The molecule has 0 aromatic heterocycles. The van der Waals surface area contributed by atoms with Gasteiger partial charge in [-0.05, 0) is 31.5 Å². The fourth-order valence-corrected chi connectivity index (χ4v) is 1.15. The number of benzene rings is 1. The van der Waals surface area contributed by atoms with Crippen LogP contribution < -0.4 is 5.32 Å². The van der Waals surface area contributed by atoms with Gasteiger partial charge < -0.3 is 10.4 Å². The molecule has 0 aliphatic carbocycles. The zero-order chi connectivity index (χ0) is 11.4. The molecule has 2 N–H and O–H groups in total. The molecule has 0 saturated heterocycles. The number of aromatic hydroxyl groups is 1. The molecule has 0 aliphatic rings. The molecule has 1 aromatic carbocycles. The summed E-state index contributed by atoms with van der Waals surface area (Å²) in [5.41, 5.74) is 1.14. The molecule has 3 nitrogen and oxygen atoms in total. The van der Waals surface area contributed by atoms with Gasteiger partial charge in [-0.1, -0.05) is 12.0 Å². The number of hydrogen-bond acceptors (Lipinski definition) is 2. The first-order valence-electron chi connectivity index (χ1n) is 4.61. The average Bonchev–Trinajstić information content (AvgIpc) is 2.17. The molecular weight excluding hydrogens is 190 g/mol. The number of carbonyl (C=O) groups is 1. The second kappa shape index (κ2) is 4.52. The molecule has 1 aromatic rings. The summed E-state index contributed by atoms with van der Waals surface area (Å²) in [5.74, 6) is 1.99. The number of nitrogens with one attached hydrogen (secondary N) is 1. The van der Waals surface area contributed by atoms with Crippen molar-refractivity contribution in [3.05, 3.63) is 29.3 Å². The summed E-state index contributed by atoms with van der Waals surface area (Å²) in [6.45, 7) is 3.54. The molecule has 0 spiro atoms. The second-order valence-corrected chi connectivity index (χ2v) is 3.38. The van der Waals surface area contributed by atoms with Crippen LogP contribution in [0.2, 0.25) is 0 Å². The Morgan fingerprint density at radius 2 is 2.27 bits per heavy atom. The number of phenolic OH excluding ortho intramolecular Hbond substituents is 1. The Kier molecular flexibility index (Phi) is 3.35. The number of phenols is 1. The number of amides is 1. The van der Waals surface area contributed by atoms with E-state index in [0.29, 0.717) is 0 Å². The zero-order valence-electron chi connectivity index (χ0n) is 8.74. The van der Waals surface area contributed by atoms with Gasteiger partial charge in [0.05, 0.1) is 11.6 Å². The van der Waals surface area contributed by atoms with Gasteiger partial charge >= 0.3 is 0 Å². The van der Waals surface area contributed by atoms with Crippen molar-refractivity contribution in [3.63, 3.8) is 0 Å². The van der Waals surface area contributed by atoms with Crippen molar-refractivity contribution in [2.45, 2.75) is 19.9 Å². The number of hydrogen-bond donors (Lipinski definition) is 2. The van der Waals surface area contributed by atoms with Crippen LogP contribution in [0.3, 0.4) is 0 Å². The summed E-state index contributed by atoms with van der Waals surface area (Å²) in [5, 5.41) is 12.1. The third-order valence-corrected chi connectivity index (χ3v) is 2.00. The van der Waals surface area contributed by atoms with Gasteiger partial charge in [-0.3, -0.25) is 4.79 Å². The topological polar surface area (TPSA) is 49.3 Å². The van der Waals surface area contributed by atoms with Crippen LogP contribution >= 0.6 is 0 Å². The van der Waals surface area contributed by atoms with Gasteiger partial charge in [-0.2, -0.15) is 0 Å². The average molecular weight is 203 g/mol. The predicted molar refractivity (Wildman–Crippen MR) is 58.6 cm³/mol. The lowest BCUT2D eigenvalue weighted by atomic mass is 10.1. The van der Waals surface area contributed by atoms with E-state index in [2.05, 4.69) is 11.2 Å². The zero-order valence-corrected chi connectivity index (χ0v) is 8.74. The minimum Gasteiger partial charge on any atom is -0.507 e. The van der Waals surface area contributed by atoms with Crippen molar-refractivity contribution < 1.29 is 9.90 Å². The maximum absolute atomic E-state index is 11.6. The van der Waals surface area contributed by atoms with Crippen LogP contribution in [0.25, 0.3) is 0 Å². The highest BCUT2D eigenvalue weighted by Gasteiger charge is 2.12. The number of terminal acetylenes is 1. The maximum Gasteiger partial charge on any atom is 0.255 e. The third kappa shape index (κ3) is 2.75. The fourth-order valence-electron chi connectivity index (χ4n) is 1.15. The lowest BCUT2D eigenvalue weighted by molar-refractivity contribution is 0.0945. The predicted octanol–water partition coefficient (Wildman–Crippen LogP) is 1.45. The molecule has 1 unspecified atom stereocenters. The number of carbonyl (C=O) groups excluding carboxylic acids is 1. The molecule has 0 saturated carbocycles. The van der Waals surface area contributed by atoms with Crippen LogP contribution in [-0.4, -0.2) is 17.1 Å². The van der Waals surface area contributed by atoms with E-state index in [1.807, 2.05) is 6.92 Å². The number of aryl methyl sites for hydroxylation is 1. The lowest BCUT2D eigenvalue weighted by Crippen LogP contribution is -2.31. The van der Waals surface area contributed by atoms with Gasteiger partial charge in [-0.25, -0.2) is 0 Å². The van der Waals surface area contributed by atoms with E-state index < -0.39 is 0 Å². The Morgan fingerprint density at radius 3 is 2.80 bits per heavy atom. The van der Waals surface area contributed by atoms with E-state index in [1.165, 1.54) is 6.07 Å². The molecule has 1 amide bonds. The van der Waals surface area contributed by atoms with E-state index in [1.54, 1.807) is 19.1 Å².